The molecule has 3 nitrogen and oxygen atoms in total. The average Bonchev–Trinajstić information content (AvgIpc) is 2.46. The molecule has 0 unspecified atom stereocenters. The van der Waals surface area contributed by atoms with E-state index in [9.17, 15) is 9.18 Å². The third-order valence-electron chi connectivity index (χ3n) is 3.36. The molecule has 1 saturated heterocycles. The summed E-state index contributed by atoms with van der Waals surface area (Å²) < 4.78 is 13.0. The number of piperidine rings is 1. The molecule has 0 aromatic heterocycles. The monoisotopic (exact) mass is 296 g/mol. The number of hydrogen-bond donors (Lipinski definition) is 2. The van der Waals surface area contributed by atoms with Gasteiger partial charge in [-0.25, -0.2) is 4.39 Å². The smallest absolute Gasteiger partial charge is 0.230 e. The molecule has 1 heterocycles. The van der Waals surface area contributed by atoms with Crippen LogP contribution in [-0.4, -0.2) is 36.5 Å². The predicted molar refractivity (Wildman–Crippen MR) is 81.5 cm³/mol. The number of halogens is 1. The zero-order valence-corrected chi connectivity index (χ0v) is 12.3. The van der Waals surface area contributed by atoms with Gasteiger partial charge in [-0.2, -0.15) is 0 Å². The molecule has 1 fully saturated rings. The van der Waals surface area contributed by atoms with Gasteiger partial charge in [0.05, 0.1) is 5.75 Å². The first kappa shape index (κ1) is 15.3. The summed E-state index contributed by atoms with van der Waals surface area (Å²) in [7, 11) is 0. The summed E-state index contributed by atoms with van der Waals surface area (Å²) in [6.45, 7) is 2.67. The van der Waals surface area contributed by atoms with Gasteiger partial charge in [0.15, 0.2) is 0 Å². The highest BCUT2D eigenvalue weighted by molar-refractivity contribution is 8.00. The van der Waals surface area contributed by atoms with E-state index in [-0.39, 0.29) is 11.7 Å². The van der Waals surface area contributed by atoms with E-state index in [1.165, 1.54) is 12.1 Å². The minimum Gasteiger partial charge on any atom is -0.355 e. The first-order valence-corrected chi connectivity index (χ1v) is 8.12. The van der Waals surface area contributed by atoms with E-state index < -0.39 is 0 Å². The van der Waals surface area contributed by atoms with Crippen LogP contribution >= 0.6 is 11.8 Å². The second-order valence-electron chi connectivity index (χ2n) is 4.99. The van der Waals surface area contributed by atoms with Gasteiger partial charge in [-0.15, -0.1) is 11.8 Å². The molecular weight excluding hydrogens is 275 g/mol. The molecule has 1 aliphatic rings. The second-order valence-corrected chi connectivity index (χ2v) is 6.28. The van der Waals surface area contributed by atoms with Crippen LogP contribution in [0.3, 0.4) is 0 Å². The van der Waals surface area contributed by atoms with Crippen molar-refractivity contribution in [3.63, 3.8) is 0 Å². The molecule has 0 aliphatic carbocycles. The van der Waals surface area contributed by atoms with Crippen molar-refractivity contribution in [1.82, 2.24) is 10.6 Å². The molecule has 2 rings (SSSR count). The summed E-state index contributed by atoms with van der Waals surface area (Å²) in [6, 6.07) is 6.51. The van der Waals surface area contributed by atoms with E-state index in [4.69, 9.17) is 0 Å². The molecule has 0 spiro atoms. The molecule has 0 radical (unpaired) electrons. The van der Waals surface area contributed by atoms with Crippen LogP contribution in [0.2, 0.25) is 0 Å². The molecule has 2 N–H and O–H groups in total. The fourth-order valence-electron chi connectivity index (χ4n) is 2.25. The van der Waals surface area contributed by atoms with Gasteiger partial charge < -0.3 is 10.6 Å². The van der Waals surface area contributed by atoms with Crippen molar-refractivity contribution in [2.75, 3.05) is 25.4 Å². The summed E-state index contributed by atoms with van der Waals surface area (Å²) in [5.74, 6) is 0.369. The second kappa shape index (κ2) is 8.27. The molecule has 110 valence electrons. The third kappa shape index (κ3) is 5.51. The fraction of sp³-hybridized carbons (Fsp3) is 0.533. The number of carbonyl (C=O) groups is 1. The summed E-state index contributed by atoms with van der Waals surface area (Å²) in [5.41, 5.74) is 0.913. The molecular formula is C15H21FN2OS. The van der Waals surface area contributed by atoms with Crippen LogP contribution in [-0.2, 0) is 11.2 Å². The Labute approximate surface area is 123 Å². The number of amides is 1. The van der Waals surface area contributed by atoms with Gasteiger partial charge in [-0.05, 0) is 50.0 Å². The number of carbonyl (C=O) groups excluding carboxylic acids is 1. The number of rotatable bonds is 6. The molecule has 0 bridgehead atoms. The Kier molecular flexibility index (Phi) is 6.33. The van der Waals surface area contributed by atoms with Gasteiger partial charge in [0.1, 0.15) is 5.82 Å². The number of nitrogens with one attached hydrogen (secondary N) is 2. The molecule has 1 aromatic rings. The molecule has 0 saturated carbocycles. The Morgan fingerprint density at radius 2 is 2.20 bits per heavy atom. The molecule has 0 atom stereocenters. The SMILES string of the molecule is O=C(CSC1CCNCC1)NCCc1cccc(F)c1. The zero-order chi connectivity index (χ0) is 14.2. The van der Waals surface area contributed by atoms with Crippen LogP contribution in [0.5, 0.6) is 0 Å². The van der Waals surface area contributed by atoms with Crippen LogP contribution in [0.4, 0.5) is 4.39 Å². The van der Waals surface area contributed by atoms with Crippen LogP contribution in [0.25, 0.3) is 0 Å². The Morgan fingerprint density at radius 3 is 2.95 bits per heavy atom. The third-order valence-corrected chi connectivity index (χ3v) is 4.73. The van der Waals surface area contributed by atoms with Gasteiger partial charge in [0.2, 0.25) is 5.91 Å². The predicted octanol–water partition coefficient (Wildman–Crippen LogP) is 1.97. The van der Waals surface area contributed by atoms with Crippen LogP contribution in [0, 0.1) is 5.82 Å². The lowest BCUT2D eigenvalue weighted by Crippen LogP contribution is -2.32. The minimum absolute atomic E-state index is 0.0740. The van der Waals surface area contributed by atoms with Crippen LogP contribution < -0.4 is 10.6 Å². The largest absolute Gasteiger partial charge is 0.355 e. The van der Waals surface area contributed by atoms with Crippen molar-refractivity contribution in [2.24, 2.45) is 0 Å². The zero-order valence-electron chi connectivity index (χ0n) is 11.5. The van der Waals surface area contributed by atoms with E-state index in [1.807, 2.05) is 6.07 Å². The minimum atomic E-state index is -0.227. The van der Waals surface area contributed by atoms with Crippen LogP contribution in [0.15, 0.2) is 24.3 Å². The molecule has 5 heteroatoms. The van der Waals surface area contributed by atoms with Crippen molar-refractivity contribution < 1.29 is 9.18 Å². The number of benzene rings is 1. The van der Waals surface area contributed by atoms with E-state index in [0.29, 0.717) is 24.0 Å². The van der Waals surface area contributed by atoms with Crippen LogP contribution in [0.1, 0.15) is 18.4 Å². The van der Waals surface area contributed by atoms with Crippen molar-refractivity contribution in [2.45, 2.75) is 24.5 Å². The Morgan fingerprint density at radius 1 is 1.40 bits per heavy atom. The topological polar surface area (TPSA) is 41.1 Å². The van der Waals surface area contributed by atoms with Gasteiger partial charge >= 0.3 is 0 Å². The van der Waals surface area contributed by atoms with Crippen molar-refractivity contribution in [3.8, 4) is 0 Å². The lowest BCUT2D eigenvalue weighted by molar-refractivity contribution is -0.118. The lowest BCUT2D eigenvalue weighted by Gasteiger charge is -2.21. The molecule has 20 heavy (non-hydrogen) atoms. The maximum atomic E-state index is 13.0. The maximum absolute atomic E-state index is 13.0. The molecule has 1 amide bonds. The van der Waals surface area contributed by atoms with Crippen molar-refractivity contribution >= 4 is 17.7 Å². The highest BCUT2D eigenvalue weighted by atomic mass is 32.2. The van der Waals surface area contributed by atoms with Gasteiger partial charge in [-0.3, -0.25) is 4.79 Å². The average molecular weight is 296 g/mol. The van der Waals surface area contributed by atoms with E-state index in [2.05, 4.69) is 10.6 Å². The Hall–Kier alpha value is -1.07. The summed E-state index contributed by atoms with van der Waals surface area (Å²) in [4.78, 5) is 11.7. The van der Waals surface area contributed by atoms with E-state index in [1.54, 1.807) is 17.8 Å². The summed E-state index contributed by atoms with van der Waals surface area (Å²) in [6.07, 6.45) is 2.95. The van der Waals surface area contributed by atoms with Gasteiger partial charge in [0, 0.05) is 11.8 Å². The van der Waals surface area contributed by atoms with Crippen molar-refractivity contribution in [1.29, 1.82) is 0 Å². The highest BCUT2D eigenvalue weighted by Gasteiger charge is 2.14. The standard InChI is InChI=1S/C15H21FN2OS/c16-13-3-1-2-12(10-13)4-9-18-15(19)11-20-14-5-7-17-8-6-14/h1-3,10,14,17H,4-9,11H2,(H,18,19). The first-order chi connectivity index (χ1) is 9.74. The summed E-state index contributed by atoms with van der Waals surface area (Å²) in [5, 5.41) is 6.81. The number of thioether (sulfide) groups is 1. The first-order valence-electron chi connectivity index (χ1n) is 7.07. The maximum Gasteiger partial charge on any atom is 0.230 e. The van der Waals surface area contributed by atoms with Crippen molar-refractivity contribution in [3.05, 3.63) is 35.6 Å². The molecule has 1 aromatic carbocycles. The molecule has 1 aliphatic heterocycles. The lowest BCUT2D eigenvalue weighted by atomic mass is 10.1. The van der Waals surface area contributed by atoms with E-state index in [0.717, 1.165) is 31.5 Å². The normalized spacial score (nSPS) is 16.1. The quantitative estimate of drug-likeness (QED) is 0.843. The fourth-order valence-corrected chi connectivity index (χ4v) is 3.30. The van der Waals surface area contributed by atoms with E-state index >= 15 is 0 Å². The van der Waals surface area contributed by atoms with Gasteiger partial charge in [0.25, 0.3) is 0 Å². The number of hydrogen-bond acceptors (Lipinski definition) is 3. The highest BCUT2D eigenvalue weighted by Crippen LogP contribution is 2.19. The Bertz CT molecular complexity index is 436. The Balaban J connectivity index is 1.60. The van der Waals surface area contributed by atoms with Gasteiger partial charge in [-0.1, -0.05) is 12.1 Å². The summed E-state index contributed by atoms with van der Waals surface area (Å²) >= 11 is 1.74.